The van der Waals surface area contributed by atoms with Crippen LogP contribution in [0.2, 0.25) is 0 Å². The van der Waals surface area contributed by atoms with E-state index in [0.29, 0.717) is 28.0 Å². The van der Waals surface area contributed by atoms with Crippen molar-refractivity contribution in [1.82, 2.24) is 19.8 Å². The van der Waals surface area contributed by atoms with Gasteiger partial charge in [0.15, 0.2) is 0 Å². The highest BCUT2D eigenvalue weighted by molar-refractivity contribution is 5.99. The lowest BCUT2D eigenvalue weighted by Gasteiger charge is -2.24. The molecule has 194 valence electrons. The molecule has 3 heterocycles. The Morgan fingerprint density at radius 3 is 2.59 bits per heavy atom. The molecule has 2 N–H and O–H groups in total. The van der Waals surface area contributed by atoms with Gasteiger partial charge in [0, 0.05) is 30.8 Å². The van der Waals surface area contributed by atoms with Crippen LogP contribution in [0.5, 0.6) is 0 Å². The summed E-state index contributed by atoms with van der Waals surface area (Å²) in [4.78, 5) is 44.6. The van der Waals surface area contributed by atoms with Gasteiger partial charge in [0.2, 0.25) is 11.8 Å². The Bertz CT molecular complexity index is 1390. The first kappa shape index (κ1) is 25.1. The summed E-state index contributed by atoms with van der Waals surface area (Å²) in [6.07, 6.45) is 5.30. The summed E-state index contributed by atoms with van der Waals surface area (Å²) < 4.78 is 16.4. The minimum atomic E-state index is -0.802. The van der Waals surface area contributed by atoms with E-state index in [1.165, 1.54) is 30.3 Å². The molecule has 1 aromatic heterocycles. The number of nitrogens with zero attached hydrogens (tertiary/aromatic N) is 3. The molecule has 1 unspecified atom stereocenters. The first-order valence-corrected chi connectivity index (χ1v) is 13.0. The number of piperidine rings is 1. The average Bonchev–Trinajstić information content (AvgIpc) is 3.13. The van der Waals surface area contributed by atoms with E-state index in [1.54, 1.807) is 37.3 Å². The number of halogens is 1. The lowest BCUT2D eigenvalue weighted by molar-refractivity contribution is -0.135. The van der Waals surface area contributed by atoms with Crippen LogP contribution in [-0.2, 0) is 22.7 Å². The number of aromatic nitrogens is 2. The lowest BCUT2D eigenvalue weighted by Crippen LogP contribution is -2.45. The molecule has 0 radical (unpaired) electrons. The van der Waals surface area contributed by atoms with E-state index in [-0.39, 0.29) is 36.7 Å². The van der Waals surface area contributed by atoms with Crippen LogP contribution in [0.25, 0.3) is 10.9 Å². The molecule has 1 atom stereocenters. The van der Waals surface area contributed by atoms with E-state index >= 15 is 4.39 Å². The second kappa shape index (κ2) is 10.8. The standard InChI is InChI=1S/C28H32FN5O3/c1-18-31-23-8-6-7-22(26(23)28(37)34(18)24-11-12-25(35)32-27(24)36)30-16-20-10-9-19(15-21(20)29)17-33-13-4-2-3-5-14-33/h6-10,15,24,30H,2-5,11-14,16-17H2,1H3,(H,32,35,36). The molecule has 5 rings (SSSR count). The van der Waals surface area contributed by atoms with Crippen molar-refractivity contribution in [3.63, 3.8) is 0 Å². The first-order valence-electron chi connectivity index (χ1n) is 13.0. The number of carbonyl (C=O) groups excluding carboxylic acids is 2. The summed E-state index contributed by atoms with van der Waals surface area (Å²) in [7, 11) is 0. The SMILES string of the molecule is Cc1nc2cccc(NCc3ccc(CN4CCCCCC4)cc3F)c2c(=O)n1C1CCC(=O)NC1=O. The Morgan fingerprint density at radius 2 is 1.86 bits per heavy atom. The molecule has 0 saturated carbocycles. The third-order valence-corrected chi connectivity index (χ3v) is 7.32. The summed E-state index contributed by atoms with van der Waals surface area (Å²) in [6, 6.07) is 9.84. The zero-order valence-electron chi connectivity index (χ0n) is 21.1. The number of rotatable bonds is 6. The number of carbonyl (C=O) groups is 2. The van der Waals surface area contributed by atoms with Crippen LogP contribution in [-0.4, -0.2) is 39.4 Å². The molecular formula is C28H32FN5O3. The average molecular weight is 506 g/mol. The smallest absolute Gasteiger partial charge is 0.264 e. The van der Waals surface area contributed by atoms with Crippen LogP contribution in [0, 0.1) is 12.7 Å². The highest BCUT2D eigenvalue weighted by Gasteiger charge is 2.30. The molecular weight excluding hydrogens is 473 g/mol. The Labute approximate surface area is 214 Å². The van der Waals surface area contributed by atoms with Gasteiger partial charge in [-0.3, -0.25) is 29.2 Å². The summed E-state index contributed by atoms with van der Waals surface area (Å²) in [6.45, 7) is 4.72. The Kier molecular flexibility index (Phi) is 7.32. The second-order valence-electron chi connectivity index (χ2n) is 9.97. The summed E-state index contributed by atoms with van der Waals surface area (Å²) >= 11 is 0. The van der Waals surface area contributed by atoms with E-state index in [9.17, 15) is 14.4 Å². The van der Waals surface area contributed by atoms with Crippen molar-refractivity contribution in [2.24, 2.45) is 0 Å². The van der Waals surface area contributed by atoms with Crippen LogP contribution in [0.4, 0.5) is 10.1 Å². The fourth-order valence-electron chi connectivity index (χ4n) is 5.37. The predicted molar refractivity (Wildman–Crippen MR) is 140 cm³/mol. The molecule has 0 spiro atoms. The van der Waals surface area contributed by atoms with Crippen molar-refractivity contribution >= 4 is 28.4 Å². The van der Waals surface area contributed by atoms with Crippen molar-refractivity contribution < 1.29 is 14.0 Å². The minimum absolute atomic E-state index is 0.160. The molecule has 2 aromatic carbocycles. The fourth-order valence-corrected chi connectivity index (χ4v) is 5.37. The van der Waals surface area contributed by atoms with Gasteiger partial charge in [-0.2, -0.15) is 0 Å². The predicted octanol–water partition coefficient (Wildman–Crippen LogP) is 3.81. The Balaban J connectivity index is 1.37. The van der Waals surface area contributed by atoms with Crippen LogP contribution in [0.1, 0.15) is 61.5 Å². The number of amides is 2. The van der Waals surface area contributed by atoms with Gasteiger partial charge in [-0.25, -0.2) is 9.37 Å². The van der Waals surface area contributed by atoms with Crippen molar-refractivity contribution in [1.29, 1.82) is 0 Å². The number of benzene rings is 2. The first-order chi connectivity index (χ1) is 17.9. The monoisotopic (exact) mass is 505 g/mol. The van der Waals surface area contributed by atoms with E-state index in [1.807, 2.05) is 6.07 Å². The van der Waals surface area contributed by atoms with Crippen LogP contribution in [0.3, 0.4) is 0 Å². The van der Waals surface area contributed by atoms with Gasteiger partial charge in [-0.15, -0.1) is 0 Å². The van der Waals surface area contributed by atoms with Gasteiger partial charge in [0.1, 0.15) is 17.7 Å². The number of anilines is 1. The maximum Gasteiger partial charge on any atom is 0.264 e. The third kappa shape index (κ3) is 5.41. The minimum Gasteiger partial charge on any atom is -0.380 e. The highest BCUT2D eigenvalue weighted by atomic mass is 19.1. The molecule has 2 aliphatic rings. The topological polar surface area (TPSA) is 96.3 Å². The largest absolute Gasteiger partial charge is 0.380 e. The number of imide groups is 1. The molecule has 2 amide bonds. The van der Waals surface area contributed by atoms with Gasteiger partial charge in [0.25, 0.3) is 5.56 Å². The summed E-state index contributed by atoms with van der Waals surface area (Å²) in [5.74, 6) is -0.733. The summed E-state index contributed by atoms with van der Waals surface area (Å²) in [5.41, 5.74) is 2.10. The maximum absolute atomic E-state index is 15.0. The van der Waals surface area contributed by atoms with E-state index in [4.69, 9.17) is 0 Å². The molecule has 37 heavy (non-hydrogen) atoms. The van der Waals surface area contributed by atoms with Crippen molar-refractivity contribution in [3.05, 3.63) is 69.5 Å². The molecule has 2 aliphatic heterocycles. The van der Waals surface area contributed by atoms with Crippen molar-refractivity contribution in [2.45, 2.75) is 64.6 Å². The van der Waals surface area contributed by atoms with Gasteiger partial charge >= 0.3 is 0 Å². The number of nitrogens with one attached hydrogen (secondary N) is 2. The van der Waals surface area contributed by atoms with Gasteiger partial charge in [0.05, 0.1) is 10.9 Å². The van der Waals surface area contributed by atoms with E-state index < -0.39 is 11.9 Å². The van der Waals surface area contributed by atoms with Crippen molar-refractivity contribution in [3.8, 4) is 0 Å². The van der Waals surface area contributed by atoms with E-state index in [0.717, 1.165) is 25.2 Å². The molecule has 2 fully saturated rings. The number of likely N-dealkylation sites (tertiary alicyclic amines) is 1. The third-order valence-electron chi connectivity index (χ3n) is 7.32. The lowest BCUT2D eigenvalue weighted by atomic mass is 10.0. The van der Waals surface area contributed by atoms with Gasteiger partial charge in [-0.1, -0.05) is 31.0 Å². The highest BCUT2D eigenvalue weighted by Crippen LogP contribution is 2.24. The van der Waals surface area contributed by atoms with Gasteiger partial charge < -0.3 is 5.32 Å². The quantitative estimate of drug-likeness (QED) is 0.495. The molecule has 3 aromatic rings. The number of fused-ring (bicyclic) bond motifs is 1. The van der Waals surface area contributed by atoms with Gasteiger partial charge in [-0.05, 0) is 63.0 Å². The normalized spacial score (nSPS) is 19.0. The number of aryl methyl sites for hydroxylation is 1. The fraction of sp³-hybridized carbons (Fsp3) is 0.429. The second-order valence-corrected chi connectivity index (χ2v) is 9.97. The van der Waals surface area contributed by atoms with E-state index in [2.05, 4.69) is 20.5 Å². The van der Waals surface area contributed by atoms with Crippen LogP contribution in [0.15, 0.2) is 41.2 Å². The Morgan fingerprint density at radius 1 is 1.08 bits per heavy atom. The summed E-state index contributed by atoms with van der Waals surface area (Å²) in [5, 5.41) is 5.84. The zero-order valence-corrected chi connectivity index (χ0v) is 21.1. The van der Waals surface area contributed by atoms with Crippen LogP contribution >= 0.6 is 0 Å². The zero-order chi connectivity index (χ0) is 25.9. The Hall–Kier alpha value is -3.59. The molecule has 8 nitrogen and oxygen atoms in total. The number of hydrogen-bond donors (Lipinski definition) is 2. The van der Waals surface area contributed by atoms with Crippen molar-refractivity contribution in [2.75, 3.05) is 18.4 Å². The molecule has 0 bridgehead atoms. The molecule has 9 heteroatoms. The number of hydrogen-bond acceptors (Lipinski definition) is 6. The molecule has 2 saturated heterocycles. The molecule has 0 aliphatic carbocycles. The van der Waals surface area contributed by atoms with Crippen LogP contribution < -0.4 is 16.2 Å². The maximum atomic E-state index is 15.0.